The number of nitrogens with one attached hydrogen (secondary N) is 2. The maximum atomic E-state index is 14.1. The molecule has 0 radical (unpaired) electrons. The lowest BCUT2D eigenvalue weighted by molar-refractivity contribution is -0.124. The van der Waals surface area contributed by atoms with E-state index >= 15 is 0 Å². The number of ether oxygens (including phenoxy) is 1. The van der Waals surface area contributed by atoms with Crippen molar-refractivity contribution in [1.29, 1.82) is 0 Å². The molecule has 1 aliphatic rings. The molecular formula is C38H49F2N3O7S. The Morgan fingerprint density at radius 3 is 1.90 bits per heavy atom. The van der Waals surface area contributed by atoms with Gasteiger partial charge in [0.05, 0.1) is 25.2 Å². The number of alkyl carbamates (subject to hydrolysis) is 1. The fourth-order valence-corrected chi connectivity index (χ4v) is 7.95. The lowest BCUT2D eigenvalue weighted by Crippen LogP contribution is -2.53. The topological polar surface area (TPSA) is 145 Å². The Labute approximate surface area is 299 Å². The van der Waals surface area contributed by atoms with E-state index in [4.69, 9.17) is 4.74 Å². The van der Waals surface area contributed by atoms with Crippen molar-refractivity contribution in [3.63, 3.8) is 0 Å². The van der Waals surface area contributed by atoms with Crippen LogP contribution < -0.4 is 10.6 Å². The number of sulfonamides is 1. The molecule has 2 amide bonds. The quantitative estimate of drug-likeness (QED) is 0.128. The van der Waals surface area contributed by atoms with Crippen LogP contribution in [0.2, 0.25) is 0 Å². The zero-order chi connectivity index (χ0) is 37.1. The van der Waals surface area contributed by atoms with Gasteiger partial charge < -0.3 is 25.6 Å². The fraction of sp³-hybridized carbons (Fsp3) is 0.474. The summed E-state index contributed by atoms with van der Waals surface area (Å²) in [4.78, 5) is 26.8. The highest BCUT2D eigenvalue weighted by Crippen LogP contribution is 2.36. The van der Waals surface area contributed by atoms with Crippen LogP contribution in [0.25, 0.3) is 0 Å². The molecule has 0 aliphatic heterocycles. The number of aliphatic hydroxyl groups is 2. The zero-order valence-corrected chi connectivity index (χ0v) is 30.1. The number of methoxy groups -OCH3 is 1. The van der Waals surface area contributed by atoms with E-state index < -0.39 is 58.3 Å². The smallest absolute Gasteiger partial charge is 0.407 e. The van der Waals surface area contributed by atoms with E-state index in [9.17, 15) is 37.0 Å². The van der Waals surface area contributed by atoms with Gasteiger partial charge in [0, 0.05) is 24.5 Å². The second-order valence-corrected chi connectivity index (χ2v) is 15.4. The van der Waals surface area contributed by atoms with Gasteiger partial charge in [-0.1, -0.05) is 50.2 Å². The monoisotopic (exact) mass is 729 g/mol. The normalized spacial score (nSPS) is 15.1. The molecule has 0 bridgehead atoms. The number of hydrogen-bond donors (Lipinski definition) is 4. The first-order chi connectivity index (χ1) is 24.4. The molecule has 4 N–H and O–H groups in total. The highest BCUT2D eigenvalue weighted by molar-refractivity contribution is 7.89. The maximum absolute atomic E-state index is 14.1. The first-order valence-electron chi connectivity index (χ1n) is 17.4. The fourth-order valence-electron chi connectivity index (χ4n) is 6.29. The first-order valence-corrected chi connectivity index (χ1v) is 18.8. The van der Waals surface area contributed by atoms with Crippen LogP contribution in [0, 0.1) is 23.5 Å². The molecule has 10 nitrogen and oxygen atoms in total. The van der Waals surface area contributed by atoms with Gasteiger partial charge in [0.15, 0.2) is 0 Å². The van der Waals surface area contributed by atoms with Gasteiger partial charge in [-0.25, -0.2) is 22.0 Å². The number of hydrogen-bond acceptors (Lipinski definition) is 7. The van der Waals surface area contributed by atoms with Crippen LogP contribution in [0.4, 0.5) is 13.6 Å². The molecule has 3 aromatic carbocycles. The Balaban J connectivity index is 1.55. The van der Waals surface area contributed by atoms with Crippen molar-refractivity contribution in [2.75, 3.05) is 20.3 Å². The van der Waals surface area contributed by atoms with E-state index in [-0.39, 0.29) is 35.9 Å². The second kappa shape index (κ2) is 18.5. The predicted molar refractivity (Wildman–Crippen MR) is 189 cm³/mol. The summed E-state index contributed by atoms with van der Waals surface area (Å²) in [7, 11) is -2.80. The number of carbonyl (C=O) groups excluding carboxylic acids is 2. The van der Waals surface area contributed by atoms with E-state index in [1.807, 2.05) is 13.8 Å². The lowest BCUT2D eigenvalue weighted by Gasteiger charge is -2.32. The van der Waals surface area contributed by atoms with Crippen molar-refractivity contribution >= 4 is 22.0 Å². The SMILES string of the molecule is COC(=O)N[C@H](C(=O)N[C@H](CCC[C@@H](CO)N(CCC(C)C)S(=O)(=O)c1ccc(CO)cc1)C1CC1)C(c1ccc(F)cc1)c1ccc(F)cc1. The Morgan fingerprint density at radius 1 is 0.863 bits per heavy atom. The highest BCUT2D eigenvalue weighted by atomic mass is 32.2. The van der Waals surface area contributed by atoms with Crippen molar-refractivity contribution < 1.29 is 41.7 Å². The molecule has 3 aromatic rings. The number of aliphatic hydroxyl groups excluding tert-OH is 2. The standard InChI is InChI=1S/C38H49F2N3O7S/c1-25(2)21-22-43(51(48,49)33-19-7-26(23-44)8-20-33)32(24-45)5-4-6-34(27-9-10-27)41-37(46)36(42-38(47)50-3)35(28-11-15-30(39)16-12-28)29-13-17-31(40)18-14-29/h7-8,11-20,25,27,32,34-36,44-45H,4-6,9-10,21-24H2,1-3H3,(H,41,46)(H,42,47)/t32-,34+,36-/m0/s1. The average Bonchev–Trinajstić information content (AvgIpc) is 3.97. The van der Waals surface area contributed by atoms with Crippen LogP contribution in [0.5, 0.6) is 0 Å². The van der Waals surface area contributed by atoms with Gasteiger partial charge in [-0.15, -0.1) is 0 Å². The summed E-state index contributed by atoms with van der Waals surface area (Å²) in [6.07, 6.45) is 2.79. The molecule has 13 heteroatoms. The third kappa shape index (κ3) is 11.0. The summed E-state index contributed by atoms with van der Waals surface area (Å²) in [6.45, 7) is 3.60. The van der Waals surface area contributed by atoms with Gasteiger partial charge in [-0.05, 0) is 103 Å². The molecule has 4 rings (SSSR count). The molecule has 278 valence electrons. The maximum Gasteiger partial charge on any atom is 0.407 e. The third-order valence-electron chi connectivity index (χ3n) is 9.36. The Hall–Kier alpha value is -3.91. The molecule has 1 saturated carbocycles. The second-order valence-electron chi connectivity index (χ2n) is 13.5. The van der Waals surface area contributed by atoms with E-state index in [1.165, 1.54) is 72.1 Å². The summed E-state index contributed by atoms with van der Waals surface area (Å²) in [5.41, 5.74) is 1.62. The number of rotatable bonds is 19. The molecule has 51 heavy (non-hydrogen) atoms. The number of amides is 2. The van der Waals surface area contributed by atoms with Crippen LogP contribution in [0.15, 0.2) is 77.7 Å². The molecule has 0 saturated heterocycles. The molecule has 1 aliphatic carbocycles. The molecule has 1 fully saturated rings. The summed E-state index contributed by atoms with van der Waals surface area (Å²) < 4.78 is 61.7. The Morgan fingerprint density at radius 2 is 1.43 bits per heavy atom. The van der Waals surface area contributed by atoms with Gasteiger partial charge in [0.2, 0.25) is 15.9 Å². The minimum absolute atomic E-state index is 0.0750. The highest BCUT2D eigenvalue weighted by Gasteiger charge is 2.38. The third-order valence-corrected chi connectivity index (χ3v) is 11.3. The minimum Gasteiger partial charge on any atom is -0.453 e. The van der Waals surface area contributed by atoms with Crippen molar-refractivity contribution in [2.45, 2.75) is 87.9 Å². The zero-order valence-electron chi connectivity index (χ0n) is 29.3. The van der Waals surface area contributed by atoms with Crippen LogP contribution in [0.3, 0.4) is 0 Å². The molecular weight excluding hydrogens is 680 g/mol. The molecule has 0 unspecified atom stereocenters. The summed E-state index contributed by atoms with van der Waals surface area (Å²) in [5.74, 6) is -1.92. The van der Waals surface area contributed by atoms with Crippen molar-refractivity contribution in [1.82, 2.24) is 14.9 Å². The number of nitrogens with zero attached hydrogens (tertiary/aromatic N) is 1. The van der Waals surface area contributed by atoms with E-state index in [0.29, 0.717) is 42.4 Å². The molecule has 0 heterocycles. The molecule has 0 spiro atoms. The van der Waals surface area contributed by atoms with E-state index in [1.54, 1.807) is 12.1 Å². The van der Waals surface area contributed by atoms with E-state index in [2.05, 4.69) is 10.6 Å². The predicted octanol–water partition coefficient (Wildman–Crippen LogP) is 5.48. The van der Waals surface area contributed by atoms with Crippen LogP contribution in [-0.2, 0) is 26.2 Å². The minimum atomic E-state index is -3.98. The van der Waals surface area contributed by atoms with Crippen molar-refractivity contribution in [3.05, 3.63) is 101 Å². The van der Waals surface area contributed by atoms with Gasteiger partial charge in [-0.2, -0.15) is 4.31 Å². The number of halogens is 2. The summed E-state index contributed by atoms with van der Waals surface area (Å²) >= 11 is 0. The lowest BCUT2D eigenvalue weighted by atomic mass is 9.84. The van der Waals surface area contributed by atoms with Gasteiger partial charge >= 0.3 is 6.09 Å². The van der Waals surface area contributed by atoms with Gasteiger partial charge in [0.1, 0.15) is 17.7 Å². The average molecular weight is 730 g/mol. The number of benzene rings is 3. The van der Waals surface area contributed by atoms with Crippen LogP contribution in [-0.4, -0.2) is 73.3 Å². The summed E-state index contributed by atoms with van der Waals surface area (Å²) in [5, 5.41) is 25.6. The number of carbonyl (C=O) groups is 2. The largest absolute Gasteiger partial charge is 0.453 e. The van der Waals surface area contributed by atoms with Crippen LogP contribution >= 0.6 is 0 Å². The van der Waals surface area contributed by atoms with E-state index in [0.717, 1.165) is 12.8 Å². The van der Waals surface area contributed by atoms with Crippen molar-refractivity contribution in [3.8, 4) is 0 Å². The van der Waals surface area contributed by atoms with Gasteiger partial charge in [-0.3, -0.25) is 4.79 Å². The van der Waals surface area contributed by atoms with Gasteiger partial charge in [0.25, 0.3) is 0 Å². The molecule has 0 aromatic heterocycles. The van der Waals surface area contributed by atoms with Crippen LogP contribution in [0.1, 0.15) is 75.0 Å². The first kappa shape index (κ1) is 39.9. The van der Waals surface area contributed by atoms with Crippen molar-refractivity contribution in [2.24, 2.45) is 11.8 Å². The Kier molecular flexibility index (Phi) is 14.5. The summed E-state index contributed by atoms with van der Waals surface area (Å²) in [6, 6.07) is 14.8. The molecule has 3 atom stereocenters. The Bertz CT molecular complexity index is 1620.